The Balaban J connectivity index is 2.09. The molecule has 1 unspecified atom stereocenters. The van der Waals surface area contributed by atoms with Crippen molar-refractivity contribution >= 4 is 33.9 Å². The van der Waals surface area contributed by atoms with Crippen molar-refractivity contribution < 1.29 is 4.84 Å². The lowest BCUT2D eigenvalue weighted by Crippen LogP contribution is -2.38. The average Bonchev–Trinajstić information content (AvgIpc) is 2.88. The molecule has 3 rings (SSSR count). The number of nitrogens with one attached hydrogen (secondary N) is 1. The fraction of sp³-hybridized carbons (Fsp3) is 0.471. The van der Waals surface area contributed by atoms with Crippen molar-refractivity contribution in [3.63, 3.8) is 0 Å². The Hall–Kier alpha value is -0.880. The van der Waals surface area contributed by atoms with Crippen LogP contribution in [0.3, 0.4) is 0 Å². The SMILES string of the molecule is CCC(=NOC)C1=C(c2ccc(I)cc2)CC2CC[C@@H]1N2. The highest BCUT2D eigenvalue weighted by Crippen LogP contribution is 2.38. The summed E-state index contributed by atoms with van der Waals surface area (Å²) in [5, 5.41) is 8.02. The van der Waals surface area contributed by atoms with Crippen LogP contribution in [0.25, 0.3) is 5.57 Å². The van der Waals surface area contributed by atoms with Crippen molar-refractivity contribution in [3.8, 4) is 0 Å². The van der Waals surface area contributed by atoms with Gasteiger partial charge in [0.2, 0.25) is 0 Å². The predicted octanol–water partition coefficient (Wildman–Crippen LogP) is 3.98. The van der Waals surface area contributed by atoms with Crippen LogP contribution in [0.5, 0.6) is 0 Å². The summed E-state index contributed by atoms with van der Waals surface area (Å²) >= 11 is 2.36. The zero-order valence-electron chi connectivity index (χ0n) is 12.5. The molecule has 2 bridgehead atoms. The summed E-state index contributed by atoms with van der Waals surface area (Å²) in [7, 11) is 1.63. The van der Waals surface area contributed by atoms with E-state index in [-0.39, 0.29) is 0 Å². The Morgan fingerprint density at radius 2 is 2.10 bits per heavy atom. The Bertz CT molecular complexity index is 577. The molecular formula is C17H21IN2O. The minimum absolute atomic E-state index is 0.437. The van der Waals surface area contributed by atoms with E-state index in [2.05, 4.69) is 64.3 Å². The Morgan fingerprint density at radius 1 is 1.33 bits per heavy atom. The standard InChI is InChI=1S/C17H21IN2O/c1-3-15(20-21-2)17-14(10-13-8-9-16(17)19-13)11-4-6-12(18)7-5-11/h4-7,13,16,19H,3,8-10H2,1-2H3/t13?,16-/m0/s1. The number of rotatable bonds is 4. The minimum Gasteiger partial charge on any atom is -0.399 e. The normalized spacial score (nSPS) is 25.4. The van der Waals surface area contributed by atoms with Crippen LogP contribution < -0.4 is 5.32 Å². The Morgan fingerprint density at radius 3 is 2.76 bits per heavy atom. The number of oxime groups is 1. The van der Waals surface area contributed by atoms with E-state index in [0.717, 1.165) is 18.6 Å². The van der Waals surface area contributed by atoms with Gasteiger partial charge in [-0.15, -0.1) is 0 Å². The van der Waals surface area contributed by atoms with Crippen molar-refractivity contribution in [2.24, 2.45) is 5.16 Å². The van der Waals surface area contributed by atoms with Crippen molar-refractivity contribution in [1.82, 2.24) is 5.32 Å². The van der Waals surface area contributed by atoms with Gasteiger partial charge in [-0.3, -0.25) is 0 Å². The average molecular weight is 396 g/mol. The zero-order chi connectivity index (χ0) is 14.8. The molecule has 21 heavy (non-hydrogen) atoms. The molecule has 1 saturated heterocycles. The lowest BCUT2D eigenvalue weighted by Gasteiger charge is -2.28. The molecule has 112 valence electrons. The molecule has 0 aliphatic carbocycles. The quantitative estimate of drug-likeness (QED) is 0.475. The lowest BCUT2D eigenvalue weighted by atomic mass is 9.86. The molecule has 0 aromatic heterocycles. The van der Waals surface area contributed by atoms with Crippen LogP contribution >= 0.6 is 22.6 Å². The van der Waals surface area contributed by atoms with Crippen LogP contribution in [-0.4, -0.2) is 24.9 Å². The van der Waals surface area contributed by atoms with Gasteiger partial charge in [-0.1, -0.05) is 24.2 Å². The summed E-state index contributed by atoms with van der Waals surface area (Å²) in [5.41, 5.74) is 5.24. The van der Waals surface area contributed by atoms with Gasteiger partial charge in [-0.25, -0.2) is 0 Å². The first-order valence-electron chi connectivity index (χ1n) is 7.58. The second-order valence-electron chi connectivity index (χ2n) is 5.67. The van der Waals surface area contributed by atoms with E-state index in [1.54, 1.807) is 7.11 Å². The first-order valence-corrected chi connectivity index (χ1v) is 8.66. The molecule has 0 saturated carbocycles. The molecule has 1 fully saturated rings. The molecule has 2 aliphatic heterocycles. The molecule has 2 heterocycles. The third-order valence-electron chi connectivity index (χ3n) is 4.40. The highest BCUT2D eigenvalue weighted by Gasteiger charge is 2.36. The maximum absolute atomic E-state index is 5.08. The van der Waals surface area contributed by atoms with Gasteiger partial charge in [0.1, 0.15) is 7.11 Å². The summed E-state index contributed by atoms with van der Waals surface area (Å²) in [5.74, 6) is 0. The molecule has 1 aromatic rings. The van der Waals surface area contributed by atoms with Gasteiger partial charge in [0, 0.05) is 15.7 Å². The van der Waals surface area contributed by atoms with Crippen LogP contribution in [-0.2, 0) is 4.84 Å². The maximum atomic E-state index is 5.08. The molecule has 1 aromatic carbocycles. The molecule has 0 radical (unpaired) electrons. The lowest BCUT2D eigenvalue weighted by molar-refractivity contribution is 0.212. The smallest absolute Gasteiger partial charge is 0.106 e. The summed E-state index contributed by atoms with van der Waals surface area (Å²) in [6.45, 7) is 2.15. The van der Waals surface area contributed by atoms with Gasteiger partial charge in [0.25, 0.3) is 0 Å². The van der Waals surface area contributed by atoms with E-state index < -0.39 is 0 Å². The van der Waals surface area contributed by atoms with E-state index in [0.29, 0.717) is 12.1 Å². The van der Waals surface area contributed by atoms with Crippen LogP contribution in [0, 0.1) is 3.57 Å². The van der Waals surface area contributed by atoms with Crippen LogP contribution in [0.4, 0.5) is 0 Å². The van der Waals surface area contributed by atoms with Gasteiger partial charge in [-0.2, -0.15) is 0 Å². The number of nitrogens with zero attached hydrogens (tertiary/aromatic N) is 1. The molecule has 2 atom stereocenters. The van der Waals surface area contributed by atoms with E-state index in [1.165, 1.54) is 33.1 Å². The highest BCUT2D eigenvalue weighted by atomic mass is 127. The molecule has 2 aliphatic rings. The number of benzene rings is 1. The van der Waals surface area contributed by atoms with Crippen molar-refractivity contribution in [3.05, 3.63) is 39.0 Å². The van der Waals surface area contributed by atoms with Gasteiger partial charge >= 0.3 is 0 Å². The molecule has 0 spiro atoms. The number of hydrogen-bond donors (Lipinski definition) is 1. The third kappa shape index (κ3) is 3.01. The van der Waals surface area contributed by atoms with Crippen molar-refractivity contribution in [1.29, 1.82) is 0 Å². The first kappa shape index (κ1) is 15.0. The van der Waals surface area contributed by atoms with E-state index >= 15 is 0 Å². The van der Waals surface area contributed by atoms with E-state index in [9.17, 15) is 0 Å². The molecule has 4 heteroatoms. The molecule has 0 amide bonds. The molecular weight excluding hydrogens is 375 g/mol. The summed E-state index contributed by atoms with van der Waals surface area (Å²) < 4.78 is 1.27. The monoisotopic (exact) mass is 396 g/mol. The van der Waals surface area contributed by atoms with Crippen LogP contribution in [0.1, 0.15) is 38.2 Å². The third-order valence-corrected chi connectivity index (χ3v) is 5.12. The van der Waals surface area contributed by atoms with Gasteiger partial charge in [-0.05, 0) is 77.1 Å². The van der Waals surface area contributed by atoms with Gasteiger partial charge in [0.05, 0.1) is 5.71 Å². The molecule has 3 nitrogen and oxygen atoms in total. The Kier molecular flexibility index (Phi) is 4.64. The van der Waals surface area contributed by atoms with E-state index in [4.69, 9.17) is 4.84 Å². The summed E-state index contributed by atoms with van der Waals surface area (Å²) in [6, 6.07) is 9.90. The number of hydrogen-bond acceptors (Lipinski definition) is 3. The summed E-state index contributed by atoms with van der Waals surface area (Å²) in [6.07, 6.45) is 4.46. The van der Waals surface area contributed by atoms with Crippen molar-refractivity contribution in [2.45, 2.75) is 44.7 Å². The fourth-order valence-electron chi connectivity index (χ4n) is 3.49. The van der Waals surface area contributed by atoms with Gasteiger partial charge < -0.3 is 10.2 Å². The number of fused-ring (bicyclic) bond motifs is 2. The first-order chi connectivity index (χ1) is 10.2. The second-order valence-corrected chi connectivity index (χ2v) is 6.92. The second kappa shape index (κ2) is 6.48. The minimum atomic E-state index is 0.437. The summed E-state index contributed by atoms with van der Waals surface area (Å²) in [4.78, 5) is 5.08. The molecule has 1 N–H and O–H groups in total. The Labute approximate surface area is 140 Å². The largest absolute Gasteiger partial charge is 0.399 e. The maximum Gasteiger partial charge on any atom is 0.106 e. The number of halogens is 1. The van der Waals surface area contributed by atoms with Crippen LogP contribution in [0.15, 0.2) is 35.0 Å². The fourth-order valence-corrected chi connectivity index (χ4v) is 3.85. The van der Waals surface area contributed by atoms with Gasteiger partial charge in [0.15, 0.2) is 0 Å². The van der Waals surface area contributed by atoms with E-state index in [1.807, 2.05) is 0 Å². The topological polar surface area (TPSA) is 33.6 Å². The zero-order valence-corrected chi connectivity index (χ0v) is 14.7. The highest BCUT2D eigenvalue weighted by molar-refractivity contribution is 14.1. The van der Waals surface area contributed by atoms with Crippen LogP contribution in [0.2, 0.25) is 0 Å². The predicted molar refractivity (Wildman–Crippen MR) is 95.4 cm³/mol. The van der Waals surface area contributed by atoms with Crippen molar-refractivity contribution in [2.75, 3.05) is 7.11 Å².